The third-order valence-electron chi connectivity index (χ3n) is 6.57. The maximum absolute atomic E-state index is 13.4. The number of carbonyl (C=O) groups is 2. The Balaban J connectivity index is 1.44. The van der Waals surface area contributed by atoms with Gasteiger partial charge in [-0.25, -0.2) is 14.0 Å². The van der Waals surface area contributed by atoms with Crippen LogP contribution in [0.2, 0.25) is 0 Å². The van der Waals surface area contributed by atoms with Crippen LogP contribution in [-0.4, -0.2) is 39.7 Å². The molecule has 1 unspecified atom stereocenters. The van der Waals surface area contributed by atoms with Crippen LogP contribution in [0, 0.1) is 5.82 Å². The molecule has 6 nitrogen and oxygen atoms in total. The fraction of sp³-hybridized carbons (Fsp3) is 0.269. The molecule has 0 radical (unpaired) electrons. The second kappa shape index (κ2) is 7.99. The molecule has 2 aromatic carbocycles. The number of pyridine rings is 1. The fourth-order valence-electron chi connectivity index (χ4n) is 4.69. The molecule has 1 aromatic heterocycles. The summed E-state index contributed by atoms with van der Waals surface area (Å²) in [7, 11) is 0. The number of benzene rings is 2. The molecule has 7 heteroatoms. The highest BCUT2D eigenvalue weighted by Crippen LogP contribution is 2.45. The van der Waals surface area contributed by atoms with E-state index in [-0.39, 0.29) is 24.3 Å². The predicted octanol–water partition coefficient (Wildman–Crippen LogP) is 4.93. The molecule has 5 rings (SSSR count). The second-order valence-corrected chi connectivity index (χ2v) is 8.64. The summed E-state index contributed by atoms with van der Waals surface area (Å²) in [6.45, 7) is 1.50. The van der Waals surface area contributed by atoms with Crippen molar-refractivity contribution in [3.63, 3.8) is 0 Å². The molecule has 33 heavy (non-hydrogen) atoms. The summed E-state index contributed by atoms with van der Waals surface area (Å²) in [6.07, 6.45) is 1.59. The smallest absolute Gasteiger partial charge is 0.411 e. The molecule has 0 aliphatic heterocycles. The van der Waals surface area contributed by atoms with E-state index in [9.17, 15) is 19.1 Å². The van der Waals surface area contributed by atoms with Gasteiger partial charge >= 0.3 is 12.1 Å². The Kier molecular flexibility index (Phi) is 5.12. The van der Waals surface area contributed by atoms with Gasteiger partial charge in [-0.2, -0.15) is 0 Å². The number of nitrogens with zero attached hydrogens (tertiary/aromatic N) is 2. The van der Waals surface area contributed by atoms with Gasteiger partial charge in [-0.05, 0) is 54.2 Å². The van der Waals surface area contributed by atoms with E-state index in [1.165, 1.54) is 17.9 Å². The lowest BCUT2D eigenvalue weighted by Gasteiger charge is -2.37. The number of fused-ring (bicyclic) bond motifs is 3. The van der Waals surface area contributed by atoms with Crippen LogP contribution in [-0.2, 0) is 15.1 Å². The molecule has 3 aromatic rings. The number of ether oxygens (including phenoxy) is 1. The van der Waals surface area contributed by atoms with Crippen LogP contribution in [0.1, 0.15) is 42.5 Å². The molecule has 1 saturated carbocycles. The van der Waals surface area contributed by atoms with E-state index >= 15 is 0 Å². The van der Waals surface area contributed by atoms with Crippen molar-refractivity contribution >= 4 is 12.1 Å². The lowest BCUT2D eigenvalue weighted by molar-refractivity contribution is -0.151. The summed E-state index contributed by atoms with van der Waals surface area (Å²) in [4.78, 5) is 31.0. The zero-order chi connectivity index (χ0) is 23.2. The Hall–Kier alpha value is -3.74. The van der Waals surface area contributed by atoms with Crippen molar-refractivity contribution in [2.45, 2.75) is 37.3 Å². The fourth-order valence-corrected chi connectivity index (χ4v) is 4.69. The Morgan fingerprint density at radius 2 is 1.67 bits per heavy atom. The van der Waals surface area contributed by atoms with E-state index in [1.54, 1.807) is 0 Å². The van der Waals surface area contributed by atoms with Gasteiger partial charge in [-0.15, -0.1) is 0 Å². The molecule has 168 valence electrons. The number of hydrogen-bond donors (Lipinski definition) is 1. The van der Waals surface area contributed by atoms with E-state index in [0.717, 1.165) is 34.5 Å². The minimum absolute atomic E-state index is 0.0804. The molecular formula is C26H23FN2O4. The number of rotatable bonds is 6. The first-order valence-corrected chi connectivity index (χ1v) is 10.9. The van der Waals surface area contributed by atoms with Crippen molar-refractivity contribution in [1.82, 2.24) is 9.88 Å². The Morgan fingerprint density at radius 3 is 2.18 bits per heavy atom. The summed E-state index contributed by atoms with van der Waals surface area (Å²) >= 11 is 0. The summed E-state index contributed by atoms with van der Waals surface area (Å²) in [6, 6.07) is 18.2. The van der Waals surface area contributed by atoms with Gasteiger partial charge in [0.2, 0.25) is 0 Å². The van der Waals surface area contributed by atoms with E-state index in [1.807, 2.05) is 48.5 Å². The highest BCUT2D eigenvalue weighted by molar-refractivity contribution is 5.85. The van der Waals surface area contributed by atoms with Crippen molar-refractivity contribution in [1.29, 1.82) is 0 Å². The molecule has 0 saturated heterocycles. The number of hydrogen-bond acceptors (Lipinski definition) is 4. The Morgan fingerprint density at radius 1 is 1.06 bits per heavy atom. The normalized spacial score (nSPS) is 16.4. The average Bonchev–Trinajstić information content (AvgIpc) is 3.60. The summed E-state index contributed by atoms with van der Waals surface area (Å²) in [5, 5.41) is 10.1. The number of carbonyl (C=O) groups excluding carboxylic acids is 1. The Labute approximate surface area is 190 Å². The number of aromatic nitrogens is 1. The zero-order valence-corrected chi connectivity index (χ0v) is 18.1. The molecular weight excluding hydrogens is 423 g/mol. The quantitative estimate of drug-likeness (QED) is 0.581. The van der Waals surface area contributed by atoms with Gasteiger partial charge in [-0.3, -0.25) is 9.88 Å². The SMILES string of the molecule is CC(C(=O)O)(c1ccc(F)cn1)N(C(=O)OCC1c2ccccc2-c2ccccc21)C1CC1. The monoisotopic (exact) mass is 446 g/mol. The maximum Gasteiger partial charge on any atom is 0.411 e. The van der Waals surface area contributed by atoms with Crippen LogP contribution < -0.4 is 0 Å². The minimum Gasteiger partial charge on any atom is -0.479 e. The Bertz CT molecular complexity index is 1180. The molecule has 0 spiro atoms. The van der Waals surface area contributed by atoms with Crippen LogP contribution in [0.25, 0.3) is 11.1 Å². The summed E-state index contributed by atoms with van der Waals surface area (Å²) in [5.41, 5.74) is 2.67. The third kappa shape index (κ3) is 3.53. The van der Waals surface area contributed by atoms with Gasteiger partial charge in [0.15, 0.2) is 5.54 Å². The molecule has 0 bridgehead atoms. The summed E-state index contributed by atoms with van der Waals surface area (Å²) < 4.78 is 19.2. The van der Waals surface area contributed by atoms with Gasteiger partial charge in [0, 0.05) is 12.0 Å². The van der Waals surface area contributed by atoms with E-state index in [4.69, 9.17) is 4.74 Å². The topological polar surface area (TPSA) is 79.7 Å². The minimum atomic E-state index is -1.78. The lowest BCUT2D eigenvalue weighted by Crippen LogP contribution is -2.54. The van der Waals surface area contributed by atoms with Crippen molar-refractivity contribution < 1.29 is 23.8 Å². The first-order chi connectivity index (χ1) is 15.9. The van der Waals surface area contributed by atoms with E-state index in [0.29, 0.717) is 12.8 Å². The number of halogens is 1. The van der Waals surface area contributed by atoms with Gasteiger partial charge in [0.25, 0.3) is 0 Å². The third-order valence-corrected chi connectivity index (χ3v) is 6.57. The molecule has 1 amide bonds. The zero-order valence-electron chi connectivity index (χ0n) is 18.1. The highest BCUT2D eigenvalue weighted by Gasteiger charge is 2.52. The molecule has 1 heterocycles. The van der Waals surface area contributed by atoms with Gasteiger partial charge < -0.3 is 9.84 Å². The van der Waals surface area contributed by atoms with Crippen molar-refractivity contribution in [3.8, 4) is 11.1 Å². The lowest BCUT2D eigenvalue weighted by atomic mass is 9.94. The maximum atomic E-state index is 13.4. The van der Waals surface area contributed by atoms with Crippen molar-refractivity contribution in [2.75, 3.05) is 6.61 Å². The van der Waals surface area contributed by atoms with Crippen molar-refractivity contribution in [3.05, 3.63) is 89.5 Å². The predicted molar refractivity (Wildman–Crippen MR) is 119 cm³/mol. The number of carboxylic acid groups (broad SMARTS) is 1. The van der Waals surface area contributed by atoms with Crippen LogP contribution in [0.15, 0.2) is 66.9 Å². The first kappa shape index (κ1) is 21.1. The van der Waals surface area contributed by atoms with E-state index < -0.39 is 23.4 Å². The van der Waals surface area contributed by atoms with Crippen molar-refractivity contribution in [2.24, 2.45) is 0 Å². The van der Waals surface area contributed by atoms with Gasteiger partial charge in [0.05, 0.1) is 11.9 Å². The average molecular weight is 446 g/mol. The number of amides is 1. The highest BCUT2D eigenvalue weighted by atomic mass is 19.1. The first-order valence-electron chi connectivity index (χ1n) is 10.9. The molecule has 1 N–H and O–H groups in total. The van der Waals surface area contributed by atoms with Crippen LogP contribution in [0.5, 0.6) is 0 Å². The summed E-state index contributed by atoms with van der Waals surface area (Å²) in [5.74, 6) is -1.96. The molecule has 2 aliphatic rings. The van der Waals surface area contributed by atoms with Gasteiger partial charge in [0.1, 0.15) is 12.4 Å². The van der Waals surface area contributed by atoms with Crippen LogP contribution in [0.4, 0.5) is 9.18 Å². The number of aliphatic carboxylic acids is 1. The second-order valence-electron chi connectivity index (χ2n) is 8.64. The van der Waals surface area contributed by atoms with Gasteiger partial charge in [-0.1, -0.05) is 48.5 Å². The standard InChI is InChI=1S/C26H23FN2O4/c1-26(24(30)31,23-13-10-16(27)14-28-23)29(17-11-12-17)25(32)33-15-22-20-8-4-2-6-18(20)19-7-3-5-9-21(19)22/h2-10,13-14,17,22H,11-12,15H2,1H3,(H,30,31). The number of carboxylic acids is 1. The molecule has 1 atom stereocenters. The van der Waals surface area contributed by atoms with Crippen LogP contribution in [0.3, 0.4) is 0 Å². The van der Waals surface area contributed by atoms with E-state index in [2.05, 4.69) is 4.98 Å². The largest absolute Gasteiger partial charge is 0.479 e. The van der Waals surface area contributed by atoms with Crippen LogP contribution >= 0.6 is 0 Å². The molecule has 1 fully saturated rings. The molecule has 2 aliphatic carbocycles.